The summed E-state index contributed by atoms with van der Waals surface area (Å²) >= 11 is 0. The van der Waals surface area contributed by atoms with Crippen molar-refractivity contribution in [1.82, 2.24) is 15.0 Å². The van der Waals surface area contributed by atoms with Crippen molar-refractivity contribution < 1.29 is 12.8 Å². The minimum Gasteiger partial charge on any atom is -0.440 e. The number of imidazole rings is 1. The smallest absolute Gasteiger partial charge is 0.226 e. The van der Waals surface area contributed by atoms with Crippen molar-refractivity contribution in [2.45, 2.75) is 10.9 Å². The van der Waals surface area contributed by atoms with Crippen LogP contribution >= 0.6 is 0 Å². The summed E-state index contributed by atoms with van der Waals surface area (Å²) in [6, 6.07) is 16.6. The van der Waals surface area contributed by atoms with Gasteiger partial charge in [-0.05, 0) is 12.1 Å². The molecule has 0 amide bonds. The molecule has 2 aromatic carbocycles. The van der Waals surface area contributed by atoms with E-state index in [0.717, 1.165) is 5.56 Å². The van der Waals surface area contributed by atoms with Gasteiger partial charge < -0.3 is 9.40 Å². The first kappa shape index (κ1) is 14.6. The Labute approximate surface area is 138 Å². The molecular formula is C17H13N3O3S. The average molecular weight is 339 g/mol. The Balaban J connectivity index is 1.63. The molecule has 0 aliphatic heterocycles. The van der Waals surface area contributed by atoms with Gasteiger partial charge in [0, 0.05) is 5.56 Å². The minimum absolute atomic E-state index is 0.0804. The van der Waals surface area contributed by atoms with E-state index >= 15 is 0 Å². The molecule has 0 aliphatic rings. The molecule has 0 aliphatic carbocycles. The lowest BCUT2D eigenvalue weighted by Crippen LogP contribution is -2.07. The third-order valence-electron chi connectivity index (χ3n) is 3.59. The monoisotopic (exact) mass is 339 g/mol. The molecule has 120 valence electrons. The van der Waals surface area contributed by atoms with Crippen LogP contribution in [-0.4, -0.2) is 23.4 Å². The van der Waals surface area contributed by atoms with Gasteiger partial charge in [0.15, 0.2) is 5.76 Å². The number of benzene rings is 2. The summed E-state index contributed by atoms with van der Waals surface area (Å²) < 4.78 is 30.6. The molecule has 1 N–H and O–H groups in total. The molecular weight excluding hydrogens is 326 g/mol. The van der Waals surface area contributed by atoms with Crippen LogP contribution in [0.15, 0.2) is 70.4 Å². The number of oxazole rings is 1. The van der Waals surface area contributed by atoms with Gasteiger partial charge in [-0.2, -0.15) is 0 Å². The van der Waals surface area contributed by atoms with Crippen LogP contribution in [0.25, 0.3) is 22.4 Å². The number of hydrogen-bond acceptors (Lipinski definition) is 5. The van der Waals surface area contributed by atoms with Crippen LogP contribution in [0.1, 0.15) is 5.89 Å². The summed E-state index contributed by atoms with van der Waals surface area (Å²) in [5, 5.41) is -0.0804. The number of hydrogen-bond donors (Lipinski definition) is 1. The lowest BCUT2D eigenvalue weighted by atomic mass is 10.2. The molecule has 0 saturated carbocycles. The summed E-state index contributed by atoms with van der Waals surface area (Å²) in [5.41, 5.74) is 2.12. The Hall–Kier alpha value is -2.93. The highest BCUT2D eigenvalue weighted by Crippen LogP contribution is 2.22. The van der Waals surface area contributed by atoms with Gasteiger partial charge in [0.25, 0.3) is 0 Å². The molecule has 0 radical (unpaired) electrons. The number of aromatic nitrogens is 3. The van der Waals surface area contributed by atoms with E-state index in [0.29, 0.717) is 16.8 Å². The van der Waals surface area contributed by atoms with Gasteiger partial charge in [0.2, 0.25) is 20.9 Å². The zero-order valence-electron chi connectivity index (χ0n) is 12.5. The van der Waals surface area contributed by atoms with Crippen molar-refractivity contribution in [1.29, 1.82) is 0 Å². The zero-order chi connectivity index (χ0) is 16.6. The highest BCUT2D eigenvalue weighted by molar-refractivity contribution is 7.90. The van der Waals surface area contributed by atoms with Crippen LogP contribution in [0.5, 0.6) is 0 Å². The van der Waals surface area contributed by atoms with Crippen molar-refractivity contribution >= 4 is 20.9 Å². The predicted octanol–water partition coefficient (Wildman–Crippen LogP) is 3.19. The second-order valence-electron chi connectivity index (χ2n) is 5.30. The van der Waals surface area contributed by atoms with Crippen molar-refractivity contribution in [3.05, 3.63) is 66.7 Å². The van der Waals surface area contributed by atoms with Crippen molar-refractivity contribution in [2.75, 3.05) is 0 Å². The first-order chi connectivity index (χ1) is 11.6. The van der Waals surface area contributed by atoms with Crippen molar-refractivity contribution in [3.63, 3.8) is 0 Å². The fourth-order valence-electron chi connectivity index (χ4n) is 2.42. The van der Waals surface area contributed by atoms with Crippen molar-refractivity contribution in [3.8, 4) is 11.3 Å². The SMILES string of the molecule is O=S(=O)(Cc1ncc(-c2ccccc2)o1)c1nc2ccccc2[nH]1. The lowest BCUT2D eigenvalue weighted by Gasteiger charge is -1.97. The van der Waals surface area contributed by atoms with E-state index < -0.39 is 9.84 Å². The third kappa shape index (κ3) is 2.69. The van der Waals surface area contributed by atoms with E-state index in [2.05, 4.69) is 15.0 Å². The molecule has 0 spiro atoms. The molecule has 7 heteroatoms. The summed E-state index contributed by atoms with van der Waals surface area (Å²) in [4.78, 5) is 11.0. The number of para-hydroxylation sites is 2. The minimum atomic E-state index is -3.67. The maximum atomic E-state index is 12.5. The maximum Gasteiger partial charge on any atom is 0.226 e. The van der Waals surface area contributed by atoms with E-state index in [4.69, 9.17) is 4.42 Å². The zero-order valence-corrected chi connectivity index (χ0v) is 13.3. The normalized spacial score (nSPS) is 11.8. The fraction of sp³-hybridized carbons (Fsp3) is 0.0588. The van der Waals surface area contributed by atoms with Gasteiger partial charge in [-0.1, -0.05) is 42.5 Å². The molecule has 2 heterocycles. The van der Waals surface area contributed by atoms with Gasteiger partial charge in [-0.15, -0.1) is 0 Å². The van der Waals surface area contributed by atoms with E-state index in [-0.39, 0.29) is 16.8 Å². The number of fused-ring (bicyclic) bond motifs is 1. The standard InChI is InChI=1S/C17H13N3O3S/c21-24(22,17-19-13-8-4-5-9-14(13)20-17)11-16-18-10-15(23-16)12-6-2-1-3-7-12/h1-10H,11H2,(H,19,20). The number of nitrogens with one attached hydrogen (secondary N) is 1. The van der Waals surface area contributed by atoms with E-state index in [1.807, 2.05) is 36.4 Å². The predicted molar refractivity (Wildman–Crippen MR) is 88.9 cm³/mol. The maximum absolute atomic E-state index is 12.5. The molecule has 0 fully saturated rings. The van der Waals surface area contributed by atoms with Crippen LogP contribution in [0.3, 0.4) is 0 Å². The third-order valence-corrected chi connectivity index (χ3v) is 5.00. The van der Waals surface area contributed by atoms with Crippen LogP contribution in [0.2, 0.25) is 0 Å². The van der Waals surface area contributed by atoms with Crippen LogP contribution in [0.4, 0.5) is 0 Å². The van der Waals surface area contributed by atoms with Crippen LogP contribution in [-0.2, 0) is 15.6 Å². The number of aromatic amines is 1. The first-order valence-electron chi connectivity index (χ1n) is 7.29. The van der Waals surface area contributed by atoms with E-state index in [9.17, 15) is 8.42 Å². The quantitative estimate of drug-likeness (QED) is 0.617. The average Bonchev–Trinajstić information content (AvgIpc) is 3.22. The second kappa shape index (κ2) is 5.61. The number of rotatable bonds is 4. The van der Waals surface area contributed by atoms with Crippen LogP contribution < -0.4 is 0 Å². The van der Waals surface area contributed by atoms with Gasteiger partial charge in [0.05, 0.1) is 17.2 Å². The van der Waals surface area contributed by atoms with Gasteiger partial charge in [-0.3, -0.25) is 0 Å². The highest BCUT2D eigenvalue weighted by Gasteiger charge is 2.22. The summed E-state index contributed by atoms with van der Waals surface area (Å²) in [6.45, 7) is 0. The first-order valence-corrected chi connectivity index (χ1v) is 8.95. The molecule has 0 bridgehead atoms. The molecule has 4 aromatic rings. The lowest BCUT2D eigenvalue weighted by molar-refractivity contribution is 0.518. The Morgan fingerprint density at radius 3 is 2.54 bits per heavy atom. The Morgan fingerprint density at radius 2 is 1.75 bits per heavy atom. The van der Waals surface area contributed by atoms with Gasteiger partial charge >= 0.3 is 0 Å². The molecule has 2 aromatic heterocycles. The molecule has 0 unspecified atom stereocenters. The molecule has 6 nitrogen and oxygen atoms in total. The second-order valence-corrected chi connectivity index (χ2v) is 7.21. The largest absolute Gasteiger partial charge is 0.440 e. The Bertz CT molecular complexity index is 1070. The number of nitrogens with zero attached hydrogens (tertiary/aromatic N) is 2. The molecule has 24 heavy (non-hydrogen) atoms. The summed E-state index contributed by atoms with van der Waals surface area (Å²) in [6.07, 6.45) is 1.53. The number of sulfone groups is 1. The molecule has 0 saturated heterocycles. The highest BCUT2D eigenvalue weighted by atomic mass is 32.2. The van der Waals surface area contributed by atoms with Crippen LogP contribution in [0, 0.1) is 0 Å². The molecule has 4 rings (SSSR count). The van der Waals surface area contributed by atoms with E-state index in [1.165, 1.54) is 6.20 Å². The van der Waals surface area contributed by atoms with Gasteiger partial charge in [-0.25, -0.2) is 18.4 Å². The van der Waals surface area contributed by atoms with Gasteiger partial charge in [0.1, 0.15) is 5.75 Å². The fourth-order valence-corrected chi connectivity index (χ4v) is 3.52. The van der Waals surface area contributed by atoms with Crippen molar-refractivity contribution in [2.24, 2.45) is 0 Å². The van der Waals surface area contributed by atoms with E-state index in [1.54, 1.807) is 18.2 Å². The topological polar surface area (TPSA) is 88.8 Å². The summed E-state index contributed by atoms with van der Waals surface area (Å²) in [5.74, 6) is 0.319. The Morgan fingerprint density at radius 1 is 1.00 bits per heavy atom. The number of H-pyrrole nitrogens is 1. The molecule has 0 atom stereocenters. The summed E-state index contributed by atoms with van der Waals surface area (Å²) in [7, 11) is -3.67. The Kier molecular flexibility index (Phi) is 3.42.